The maximum absolute atomic E-state index is 14.4. The molecule has 2 fully saturated rings. The fourth-order valence-electron chi connectivity index (χ4n) is 3.88. The predicted molar refractivity (Wildman–Crippen MR) is 89.3 cm³/mol. The molecule has 1 unspecified atom stereocenters. The van der Waals surface area contributed by atoms with Gasteiger partial charge < -0.3 is 10.2 Å². The number of benzene rings is 1. The molecule has 1 atom stereocenters. The quantitative estimate of drug-likeness (QED) is 0.842. The van der Waals surface area contributed by atoms with Crippen LogP contribution in [0.5, 0.6) is 0 Å². The van der Waals surface area contributed by atoms with Gasteiger partial charge in [-0.15, -0.1) is 0 Å². The number of nitrogens with zero attached hydrogens (tertiary/aromatic N) is 1. The zero-order chi connectivity index (χ0) is 14.9. The largest absolute Gasteiger partial charge is 0.363 e. The van der Waals surface area contributed by atoms with E-state index in [9.17, 15) is 4.39 Å². The average molecular weight is 355 g/mol. The van der Waals surface area contributed by atoms with Crippen LogP contribution < -0.4 is 10.2 Å². The predicted octanol–water partition coefficient (Wildman–Crippen LogP) is 4.48. The van der Waals surface area contributed by atoms with Crippen LogP contribution in [0.25, 0.3) is 0 Å². The van der Waals surface area contributed by atoms with Gasteiger partial charge >= 0.3 is 0 Å². The molecule has 1 N–H and O–H groups in total. The van der Waals surface area contributed by atoms with Crippen LogP contribution in [0.4, 0.5) is 10.1 Å². The minimum absolute atomic E-state index is 0.115. The number of halogens is 2. The second kappa shape index (κ2) is 6.25. The van der Waals surface area contributed by atoms with Gasteiger partial charge in [0, 0.05) is 29.1 Å². The summed E-state index contributed by atoms with van der Waals surface area (Å²) in [6.07, 6.45) is 7.41. The molecule has 1 saturated heterocycles. The summed E-state index contributed by atoms with van der Waals surface area (Å²) < 4.78 is 15.2. The number of piperazine rings is 1. The third kappa shape index (κ3) is 3.11. The number of anilines is 1. The van der Waals surface area contributed by atoms with Crippen molar-refractivity contribution >= 4 is 21.6 Å². The van der Waals surface area contributed by atoms with Gasteiger partial charge in [-0.1, -0.05) is 42.1 Å². The van der Waals surface area contributed by atoms with Crippen LogP contribution in [-0.2, 0) is 0 Å². The standard InChI is InChI=1S/C17H24BrFN2/c1-2-14-11-20-17(8-4-3-5-9-17)12-21(14)16-7-6-13(18)10-15(16)19/h6-7,10,14,20H,2-5,8-9,11-12H2,1H3. The lowest BCUT2D eigenvalue weighted by molar-refractivity contribution is 0.195. The van der Waals surface area contributed by atoms with Crippen molar-refractivity contribution < 1.29 is 4.39 Å². The zero-order valence-electron chi connectivity index (χ0n) is 12.7. The molecule has 4 heteroatoms. The third-order valence-corrected chi connectivity index (χ3v) is 5.62. The second-order valence-electron chi connectivity index (χ2n) is 6.51. The van der Waals surface area contributed by atoms with E-state index in [1.54, 1.807) is 6.07 Å². The van der Waals surface area contributed by atoms with Crippen LogP contribution in [0.1, 0.15) is 45.4 Å². The first-order valence-electron chi connectivity index (χ1n) is 8.10. The van der Waals surface area contributed by atoms with Gasteiger partial charge in [0.1, 0.15) is 5.82 Å². The minimum atomic E-state index is -0.115. The summed E-state index contributed by atoms with van der Waals surface area (Å²) in [4.78, 5) is 2.31. The van der Waals surface area contributed by atoms with Gasteiger partial charge in [-0.3, -0.25) is 0 Å². The first kappa shape index (κ1) is 15.3. The van der Waals surface area contributed by atoms with Crippen molar-refractivity contribution in [1.29, 1.82) is 0 Å². The highest BCUT2D eigenvalue weighted by molar-refractivity contribution is 9.10. The van der Waals surface area contributed by atoms with Gasteiger partial charge in [-0.25, -0.2) is 4.39 Å². The van der Waals surface area contributed by atoms with Crippen molar-refractivity contribution in [1.82, 2.24) is 5.32 Å². The summed E-state index contributed by atoms with van der Waals surface area (Å²) in [5.41, 5.74) is 0.958. The van der Waals surface area contributed by atoms with Crippen molar-refractivity contribution in [3.63, 3.8) is 0 Å². The summed E-state index contributed by atoms with van der Waals surface area (Å²) in [6.45, 7) is 4.09. The van der Waals surface area contributed by atoms with E-state index in [1.165, 1.54) is 32.1 Å². The molecule has 0 aromatic heterocycles. The van der Waals surface area contributed by atoms with Gasteiger partial charge in [-0.2, -0.15) is 0 Å². The molecule has 2 nitrogen and oxygen atoms in total. The highest BCUT2D eigenvalue weighted by Gasteiger charge is 2.40. The van der Waals surface area contributed by atoms with Crippen LogP contribution in [0.2, 0.25) is 0 Å². The van der Waals surface area contributed by atoms with Gasteiger partial charge in [0.15, 0.2) is 0 Å². The molecule has 1 aliphatic carbocycles. The molecule has 0 radical (unpaired) electrons. The fraction of sp³-hybridized carbons (Fsp3) is 0.647. The molecular formula is C17H24BrFN2. The lowest BCUT2D eigenvalue weighted by Gasteiger charge is -2.50. The Hall–Kier alpha value is -0.610. The van der Waals surface area contributed by atoms with Crippen LogP contribution in [0, 0.1) is 5.82 Å². The van der Waals surface area contributed by atoms with E-state index in [2.05, 4.69) is 33.1 Å². The average Bonchev–Trinajstić information content (AvgIpc) is 2.48. The number of rotatable bonds is 2. The summed E-state index contributed by atoms with van der Waals surface area (Å²) in [5, 5.41) is 3.79. The van der Waals surface area contributed by atoms with E-state index in [0.29, 0.717) is 6.04 Å². The molecule has 21 heavy (non-hydrogen) atoms. The van der Waals surface area contributed by atoms with E-state index in [1.807, 2.05) is 12.1 Å². The number of nitrogens with one attached hydrogen (secondary N) is 1. The lowest BCUT2D eigenvalue weighted by atomic mass is 9.79. The van der Waals surface area contributed by atoms with Crippen molar-refractivity contribution in [2.75, 3.05) is 18.0 Å². The molecular weight excluding hydrogens is 331 g/mol. The van der Waals surface area contributed by atoms with Gasteiger partial charge in [0.25, 0.3) is 0 Å². The Labute approximate surface area is 135 Å². The Kier molecular flexibility index (Phi) is 4.55. The Balaban J connectivity index is 1.88. The summed E-state index contributed by atoms with van der Waals surface area (Å²) in [7, 11) is 0. The van der Waals surface area contributed by atoms with Crippen LogP contribution in [0.15, 0.2) is 22.7 Å². The second-order valence-corrected chi connectivity index (χ2v) is 7.42. The molecule has 1 aromatic rings. The maximum atomic E-state index is 14.4. The number of hydrogen-bond acceptors (Lipinski definition) is 2. The molecule has 2 aliphatic rings. The fourth-order valence-corrected chi connectivity index (χ4v) is 4.21. The zero-order valence-corrected chi connectivity index (χ0v) is 14.3. The van der Waals surface area contributed by atoms with E-state index in [-0.39, 0.29) is 11.4 Å². The molecule has 1 spiro atoms. The lowest BCUT2D eigenvalue weighted by Crippen LogP contribution is -2.65. The van der Waals surface area contributed by atoms with E-state index in [0.717, 1.165) is 29.7 Å². The molecule has 3 rings (SSSR count). The van der Waals surface area contributed by atoms with Crippen molar-refractivity contribution in [3.8, 4) is 0 Å². The normalized spacial score (nSPS) is 25.3. The van der Waals surface area contributed by atoms with Crippen LogP contribution >= 0.6 is 15.9 Å². The topological polar surface area (TPSA) is 15.3 Å². The summed E-state index contributed by atoms with van der Waals surface area (Å²) in [6, 6.07) is 5.83. The highest BCUT2D eigenvalue weighted by Crippen LogP contribution is 2.35. The monoisotopic (exact) mass is 354 g/mol. The molecule has 1 saturated carbocycles. The first-order chi connectivity index (χ1) is 10.1. The van der Waals surface area contributed by atoms with Gasteiger partial charge in [-0.05, 0) is 37.5 Å². The third-order valence-electron chi connectivity index (χ3n) is 5.13. The van der Waals surface area contributed by atoms with E-state index >= 15 is 0 Å². The molecule has 1 aliphatic heterocycles. The molecule has 1 aromatic carbocycles. The molecule has 0 bridgehead atoms. The van der Waals surface area contributed by atoms with Gasteiger partial charge in [0.2, 0.25) is 0 Å². The number of hydrogen-bond donors (Lipinski definition) is 1. The summed E-state index contributed by atoms with van der Waals surface area (Å²) >= 11 is 3.35. The van der Waals surface area contributed by atoms with E-state index < -0.39 is 0 Å². The van der Waals surface area contributed by atoms with E-state index in [4.69, 9.17) is 0 Å². The Bertz CT molecular complexity index is 500. The molecule has 0 amide bonds. The minimum Gasteiger partial charge on any atom is -0.363 e. The smallest absolute Gasteiger partial charge is 0.147 e. The Morgan fingerprint density at radius 2 is 2.10 bits per heavy atom. The summed E-state index contributed by atoms with van der Waals surface area (Å²) in [5.74, 6) is -0.115. The SMILES string of the molecule is CCC1CNC2(CCCCC2)CN1c1ccc(Br)cc1F. The van der Waals surface area contributed by atoms with Crippen LogP contribution in [-0.4, -0.2) is 24.7 Å². The Morgan fingerprint density at radius 3 is 2.76 bits per heavy atom. The molecule has 116 valence electrons. The molecule has 1 heterocycles. The van der Waals surface area contributed by atoms with Crippen molar-refractivity contribution in [3.05, 3.63) is 28.5 Å². The first-order valence-corrected chi connectivity index (χ1v) is 8.89. The van der Waals surface area contributed by atoms with Gasteiger partial charge in [0.05, 0.1) is 5.69 Å². The van der Waals surface area contributed by atoms with Crippen molar-refractivity contribution in [2.45, 2.75) is 57.0 Å². The van der Waals surface area contributed by atoms with Crippen molar-refractivity contribution in [2.24, 2.45) is 0 Å². The Morgan fingerprint density at radius 1 is 1.33 bits per heavy atom. The maximum Gasteiger partial charge on any atom is 0.147 e. The van der Waals surface area contributed by atoms with Crippen LogP contribution in [0.3, 0.4) is 0 Å². The highest BCUT2D eigenvalue weighted by atomic mass is 79.9.